The molecule has 1 heterocycles. The minimum atomic E-state index is -0.990. The highest BCUT2D eigenvalue weighted by molar-refractivity contribution is 5.88. The lowest BCUT2D eigenvalue weighted by atomic mass is 10.1. The molecule has 0 amide bonds. The molecular formula is C16H10N4O2. The Morgan fingerprint density at radius 3 is 2.18 bits per heavy atom. The van der Waals surface area contributed by atoms with Crippen LogP contribution in [0.3, 0.4) is 0 Å². The number of hydrogen-bond acceptors (Lipinski definition) is 4. The summed E-state index contributed by atoms with van der Waals surface area (Å²) in [5, 5.41) is 26.7. The second kappa shape index (κ2) is 5.50. The Balaban J connectivity index is 1.99. The fourth-order valence-electron chi connectivity index (χ4n) is 1.98. The van der Waals surface area contributed by atoms with E-state index in [2.05, 4.69) is 10.2 Å². The number of hydrogen-bond donors (Lipinski definition) is 1. The molecule has 0 bridgehead atoms. The van der Waals surface area contributed by atoms with Crippen molar-refractivity contribution in [2.45, 2.75) is 0 Å². The van der Waals surface area contributed by atoms with Gasteiger partial charge in [-0.3, -0.25) is 0 Å². The van der Waals surface area contributed by atoms with Crippen LogP contribution < -0.4 is 0 Å². The number of allylic oxidation sites excluding steroid dienone is 1. The van der Waals surface area contributed by atoms with Gasteiger partial charge in [0, 0.05) is 0 Å². The fraction of sp³-hybridized carbons (Fsp3) is 0. The maximum atomic E-state index is 10.8. The van der Waals surface area contributed by atoms with Crippen LogP contribution in [0.2, 0.25) is 0 Å². The Morgan fingerprint density at radius 2 is 1.68 bits per heavy atom. The van der Waals surface area contributed by atoms with Gasteiger partial charge in [-0.05, 0) is 35.9 Å². The van der Waals surface area contributed by atoms with Gasteiger partial charge >= 0.3 is 5.97 Å². The molecule has 0 unspecified atom stereocenters. The van der Waals surface area contributed by atoms with Crippen molar-refractivity contribution in [2.24, 2.45) is 0 Å². The molecule has 3 aromatic rings. The number of carbonyl (C=O) groups is 1. The number of benzene rings is 2. The van der Waals surface area contributed by atoms with Crippen molar-refractivity contribution >= 4 is 28.8 Å². The van der Waals surface area contributed by atoms with Crippen LogP contribution in [-0.2, 0) is 0 Å². The number of aromatic nitrogens is 3. The van der Waals surface area contributed by atoms with Gasteiger partial charge in [-0.15, -0.1) is 15.0 Å². The van der Waals surface area contributed by atoms with Crippen molar-refractivity contribution < 1.29 is 9.90 Å². The van der Waals surface area contributed by atoms with Crippen molar-refractivity contribution in [1.29, 1.82) is 5.26 Å². The van der Waals surface area contributed by atoms with E-state index in [4.69, 9.17) is 5.11 Å². The summed E-state index contributed by atoms with van der Waals surface area (Å²) in [5.74, 6) is -0.990. The monoisotopic (exact) mass is 290 g/mol. The Hall–Kier alpha value is -3.46. The molecule has 106 valence electrons. The van der Waals surface area contributed by atoms with Crippen LogP contribution in [-0.4, -0.2) is 26.1 Å². The van der Waals surface area contributed by atoms with E-state index >= 15 is 0 Å². The van der Waals surface area contributed by atoms with Gasteiger partial charge in [-0.25, -0.2) is 4.79 Å². The molecule has 6 heteroatoms. The first kappa shape index (κ1) is 13.5. The predicted octanol–water partition coefficient (Wildman–Crippen LogP) is 2.65. The first-order valence-electron chi connectivity index (χ1n) is 6.45. The van der Waals surface area contributed by atoms with Gasteiger partial charge in [0.05, 0.1) is 5.56 Å². The third kappa shape index (κ3) is 2.55. The topological polar surface area (TPSA) is 91.8 Å². The van der Waals surface area contributed by atoms with Gasteiger partial charge in [0.25, 0.3) is 0 Å². The molecule has 6 nitrogen and oxygen atoms in total. The first-order valence-corrected chi connectivity index (χ1v) is 6.45. The number of aromatic carboxylic acids is 1. The summed E-state index contributed by atoms with van der Waals surface area (Å²) in [6.07, 6.45) is 1.60. The third-order valence-electron chi connectivity index (χ3n) is 3.08. The molecule has 3 rings (SSSR count). The summed E-state index contributed by atoms with van der Waals surface area (Å²) in [5.41, 5.74) is 2.54. The van der Waals surface area contributed by atoms with Crippen molar-refractivity contribution in [3.63, 3.8) is 0 Å². The maximum absolute atomic E-state index is 10.8. The summed E-state index contributed by atoms with van der Waals surface area (Å²) >= 11 is 0. The molecule has 0 atom stereocenters. The van der Waals surface area contributed by atoms with Crippen molar-refractivity contribution in [3.05, 3.63) is 59.7 Å². The molecule has 0 radical (unpaired) electrons. The number of rotatable bonds is 3. The number of nitriles is 1. The Labute approximate surface area is 125 Å². The van der Waals surface area contributed by atoms with Gasteiger partial charge in [0.2, 0.25) is 0 Å². The summed E-state index contributed by atoms with van der Waals surface area (Å²) < 4.78 is 0. The van der Waals surface area contributed by atoms with Gasteiger partial charge in [-0.2, -0.15) is 5.26 Å². The third-order valence-corrected chi connectivity index (χ3v) is 3.08. The number of nitrogens with zero attached hydrogens (tertiary/aromatic N) is 4. The van der Waals surface area contributed by atoms with E-state index < -0.39 is 5.97 Å². The van der Waals surface area contributed by atoms with Gasteiger partial charge in [0.1, 0.15) is 17.1 Å². The Kier molecular flexibility index (Phi) is 3.38. The Morgan fingerprint density at radius 1 is 1.09 bits per heavy atom. The lowest BCUT2D eigenvalue weighted by molar-refractivity contribution is 0.0697. The van der Waals surface area contributed by atoms with Crippen molar-refractivity contribution in [2.75, 3.05) is 0 Å². The minimum Gasteiger partial charge on any atom is -0.478 e. The molecule has 0 saturated heterocycles. The highest BCUT2D eigenvalue weighted by atomic mass is 16.4. The molecule has 0 aliphatic rings. The average Bonchev–Trinajstić information content (AvgIpc) is 2.96. The molecule has 1 N–H and O–H groups in total. The molecule has 0 aliphatic carbocycles. The average molecular weight is 290 g/mol. The summed E-state index contributed by atoms with van der Waals surface area (Å²) in [6, 6.07) is 15.6. The second-order valence-corrected chi connectivity index (χ2v) is 4.55. The zero-order valence-corrected chi connectivity index (χ0v) is 11.3. The van der Waals surface area contributed by atoms with Crippen LogP contribution in [0.15, 0.2) is 48.5 Å². The van der Waals surface area contributed by atoms with Crippen LogP contribution in [0.1, 0.15) is 15.9 Å². The zero-order chi connectivity index (χ0) is 15.5. The normalized spacial score (nSPS) is 11.3. The minimum absolute atomic E-state index is 0.193. The van der Waals surface area contributed by atoms with E-state index in [0.717, 1.165) is 0 Å². The quantitative estimate of drug-likeness (QED) is 0.749. The van der Waals surface area contributed by atoms with Gasteiger partial charge in [0.15, 0.2) is 5.70 Å². The van der Waals surface area contributed by atoms with Crippen LogP contribution in [0.25, 0.3) is 22.8 Å². The van der Waals surface area contributed by atoms with Crippen LogP contribution in [0.5, 0.6) is 0 Å². The van der Waals surface area contributed by atoms with Crippen LogP contribution >= 0.6 is 0 Å². The van der Waals surface area contributed by atoms with Crippen molar-refractivity contribution in [1.82, 2.24) is 15.0 Å². The zero-order valence-electron chi connectivity index (χ0n) is 11.3. The first-order chi connectivity index (χ1) is 10.7. The summed E-state index contributed by atoms with van der Waals surface area (Å²) in [6.45, 7) is 0. The largest absolute Gasteiger partial charge is 0.478 e. The molecule has 0 spiro atoms. The standard InChI is InChI=1S/C16H10N4O2/c17-10-13(9-11-5-7-12(8-6-11)16(21)22)20-18-14-3-1-2-4-15(14)19-20/h1-9H,(H,21,22)/b13-9+. The Bertz CT molecular complexity index is 884. The van der Waals surface area contributed by atoms with Crippen LogP contribution in [0.4, 0.5) is 0 Å². The van der Waals surface area contributed by atoms with Crippen LogP contribution in [0, 0.1) is 11.3 Å². The van der Waals surface area contributed by atoms with E-state index in [9.17, 15) is 10.1 Å². The second-order valence-electron chi connectivity index (χ2n) is 4.55. The maximum Gasteiger partial charge on any atom is 0.335 e. The molecule has 0 fully saturated rings. The van der Waals surface area contributed by atoms with E-state index in [1.54, 1.807) is 18.2 Å². The summed E-state index contributed by atoms with van der Waals surface area (Å²) in [4.78, 5) is 12.1. The number of fused-ring (bicyclic) bond motifs is 1. The molecule has 2 aromatic carbocycles. The number of carboxylic acid groups (broad SMARTS) is 1. The molecule has 0 aliphatic heterocycles. The van der Waals surface area contributed by atoms with Gasteiger partial charge in [-0.1, -0.05) is 24.3 Å². The lowest BCUT2D eigenvalue weighted by Crippen LogP contribution is -1.99. The van der Waals surface area contributed by atoms with E-state index in [0.29, 0.717) is 16.6 Å². The highest BCUT2D eigenvalue weighted by Crippen LogP contribution is 2.14. The molecule has 22 heavy (non-hydrogen) atoms. The SMILES string of the molecule is N#C/C(=C\c1ccc(C(=O)O)cc1)n1nc2ccccc2n1. The van der Waals surface area contributed by atoms with E-state index in [1.165, 1.54) is 16.9 Å². The fourth-order valence-corrected chi connectivity index (χ4v) is 1.98. The van der Waals surface area contributed by atoms with E-state index in [1.807, 2.05) is 30.3 Å². The summed E-state index contributed by atoms with van der Waals surface area (Å²) in [7, 11) is 0. The van der Waals surface area contributed by atoms with Gasteiger partial charge < -0.3 is 5.11 Å². The molecular weight excluding hydrogens is 280 g/mol. The predicted molar refractivity (Wildman–Crippen MR) is 80.7 cm³/mol. The molecule has 0 saturated carbocycles. The van der Waals surface area contributed by atoms with E-state index in [-0.39, 0.29) is 11.3 Å². The highest BCUT2D eigenvalue weighted by Gasteiger charge is 2.07. The smallest absolute Gasteiger partial charge is 0.335 e. The lowest BCUT2D eigenvalue weighted by Gasteiger charge is -1.98. The number of carboxylic acids is 1. The molecule has 1 aromatic heterocycles. The van der Waals surface area contributed by atoms with Crippen molar-refractivity contribution in [3.8, 4) is 6.07 Å².